The van der Waals surface area contributed by atoms with Gasteiger partial charge in [0, 0.05) is 4.48 Å². The SMILES string of the molecule is CCS/C(C#N)=C(\Br)c1ccc2c(c1)OCO2. The monoisotopic (exact) mass is 311 g/mol. The number of halogens is 1. The lowest BCUT2D eigenvalue weighted by Crippen LogP contribution is -1.92. The molecule has 88 valence electrons. The number of rotatable bonds is 3. The maximum atomic E-state index is 9.07. The molecule has 1 heterocycles. The topological polar surface area (TPSA) is 42.2 Å². The molecule has 0 fully saturated rings. The molecule has 0 atom stereocenters. The second-order valence-electron chi connectivity index (χ2n) is 3.26. The number of hydrogen-bond acceptors (Lipinski definition) is 4. The van der Waals surface area contributed by atoms with E-state index >= 15 is 0 Å². The molecular formula is C12H10BrNO2S. The highest BCUT2D eigenvalue weighted by Crippen LogP contribution is 2.38. The second-order valence-corrected chi connectivity index (χ2v) is 5.32. The van der Waals surface area contributed by atoms with Gasteiger partial charge in [0.25, 0.3) is 0 Å². The molecule has 0 bridgehead atoms. The summed E-state index contributed by atoms with van der Waals surface area (Å²) in [5.41, 5.74) is 0.923. The standard InChI is InChI=1S/C12H10BrNO2S/c1-2-17-11(6-14)12(13)8-3-4-9-10(5-8)16-7-15-9/h3-5H,2,7H2,1H3/b12-11-. The molecule has 5 heteroatoms. The van der Waals surface area contributed by atoms with E-state index in [0.717, 1.165) is 27.3 Å². The highest BCUT2D eigenvalue weighted by Gasteiger charge is 2.15. The molecule has 1 aliphatic heterocycles. The maximum absolute atomic E-state index is 9.07. The van der Waals surface area contributed by atoms with E-state index in [0.29, 0.717) is 4.91 Å². The van der Waals surface area contributed by atoms with Gasteiger partial charge in [-0.3, -0.25) is 0 Å². The third-order valence-corrected chi connectivity index (χ3v) is 4.21. The molecule has 1 aromatic rings. The zero-order chi connectivity index (χ0) is 12.3. The van der Waals surface area contributed by atoms with Crippen LogP contribution >= 0.6 is 27.7 Å². The van der Waals surface area contributed by atoms with Crippen molar-refractivity contribution in [2.24, 2.45) is 0 Å². The summed E-state index contributed by atoms with van der Waals surface area (Å²) in [6.45, 7) is 2.27. The van der Waals surface area contributed by atoms with Crippen LogP contribution in [0.4, 0.5) is 0 Å². The fourth-order valence-electron chi connectivity index (χ4n) is 1.45. The third kappa shape index (κ3) is 2.59. The van der Waals surface area contributed by atoms with Gasteiger partial charge in [-0.05, 0) is 45.4 Å². The molecule has 2 rings (SSSR count). The quantitative estimate of drug-likeness (QED) is 0.797. The van der Waals surface area contributed by atoms with Gasteiger partial charge < -0.3 is 9.47 Å². The van der Waals surface area contributed by atoms with Crippen LogP contribution in [0.3, 0.4) is 0 Å². The van der Waals surface area contributed by atoms with Crippen LogP contribution in [0.5, 0.6) is 11.5 Å². The van der Waals surface area contributed by atoms with Crippen molar-refractivity contribution < 1.29 is 9.47 Å². The van der Waals surface area contributed by atoms with Gasteiger partial charge in [-0.25, -0.2) is 0 Å². The van der Waals surface area contributed by atoms with Gasteiger partial charge in [0.05, 0.1) is 4.91 Å². The van der Waals surface area contributed by atoms with Gasteiger partial charge in [0.2, 0.25) is 6.79 Å². The summed E-state index contributed by atoms with van der Waals surface area (Å²) in [7, 11) is 0. The smallest absolute Gasteiger partial charge is 0.231 e. The van der Waals surface area contributed by atoms with Crippen molar-refractivity contribution in [3.63, 3.8) is 0 Å². The van der Waals surface area contributed by atoms with Crippen LogP contribution in [-0.2, 0) is 0 Å². The molecule has 0 spiro atoms. The van der Waals surface area contributed by atoms with Gasteiger partial charge in [0.1, 0.15) is 6.07 Å². The minimum Gasteiger partial charge on any atom is -0.454 e. The van der Waals surface area contributed by atoms with E-state index in [4.69, 9.17) is 14.7 Å². The molecule has 0 amide bonds. The Morgan fingerprint density at radius 1 is 1.47 bits per heavy atom. The third-order valence-electron chi connectivity index (χ3n) is 2.22. The summed E-state index contributed by atoms with van der Waals surface area (Å²) in [4.78, 5) is 0.673. The predicted octanol–water partition coefficient (Wildman–Crippen LogP) is 3.76. The second kappa shape index (κ2) is 5.48. The summed E-state index contributed by atoms with van der Waals surface area (Å²) in [6, 6.07) is 7.83. The summed E-state index contributed by atoms with van der Waals surface area (Å²) in [5, 5.41) is 9.07. The minimum atomic E-state index is 0.259. The Morgan fingerprint density at radius 2 is 2.24 bits per heavy atom. The first-order valence-electron chi connectivity index (χ1n) is 5.09. The van der Waals surface area contributed by atoms with E-state index in [1.54, 1.807) is 0 Å². The van der Waals surface area contributed by atoms with Crippen molar-refractivity contribution in [3.05, 3.63) is 28.7 Å². The Hall–Kier alpha value is -1.12. The summed E-state index contributed by atoms with van der Waals surface area (Å²) >= 11 is 4.97. The van der Waals surface area contributed by atoms with Gasteiger partial charge in [0.15, 0.2) is 11.5 Å². The van der Waals surface area contributed by atoms with Crippen molar-refractivity contribution in [1.29, 1.82) is 5.26 Å². The summed E-state index contributed by atoms with van der Waals surface area (Å²) < 4.78 is 11.3. The normalized spacial score (nSPS) is 14.2. The number of fused-ring (bicyclic) bond motifs is 1. The van der Waals surface area contributed by atoms with E-state index < -0.39 is 0 Å². The van der Waals surface area contributed by atoms with E-state index in [1.165, 1.54) is 11.8 Å². The fraction of sp³-hybridized carbons (Fsp3) is 0.250. The predicted molar refractivity (Wildman–Crippen MR) is 72.2 cm³/mol. The molecule has 0 N–H and O–H groups in total. The first-order valence-corrected chi connectivity index (χ1v) is 6.86. The lowest BCUT2D eigenvalue weighted by atomic mass is 10.2. The van der Waals surface area contributed by atoms with Crippen LogP contribution in [0, 0.1) is 11.3 Å². The first-order chi connectivity index (χ1) is 8.26. The fourth-order valence-corrected chi connectivity index (χ4v) is 2.73. The molecular weight excluding hydrogens is 302 g/mol. The molecule has 17 heavy (non-hydrogen) atoms. The van der Waals surface area contributed by atoms with Gasteiger partial charge >= 0.3 is 0 Å². The molecule has 0 unspecified atom stereocenters. The lowest BCUT2D eigenvalue weighted by molar-refractivity contribution is 0.174. The number of hydrogen-bond donors (Lipinski definition) is 0. The number of benzene rings is 1. The van der Waals surface area contributed by atoms with Crippen LogP contribution in [-0.4, -0.2) is 12.5 Å². The number of nitrogens with zero attached hydrogens (tertiary/aromatic N) is 1. The van der Waals surface area contributed by atoms with Gasteiger partial charge in [-0.2, -0.15) is 5.26 Å². The Balaban J connectivity index is 2.37. The van der Waals surface area contributed by atoms with Gasteiger partial charge in [-0.1, -0.05) is 6.92 Å². The van der Waals surface area contributed by atoms with Crippen LogP contribution in [0.2, 0.25) is 0 Å². The van der Waals surface area contributed by atoms with Gasteiger partial charge in [-0.15, -0.1) is 11.8 Å². The van der Waals surface area contributed by atoms with Crippen LogP contribution in [0.1, 0.15) is 12.5 Å². The highest BCUT2D eigenvalue weighted by molar-refractivity contribution is 9.15. The van der Waals surface area contributed by atoms with Crippen molar-refractivity contribution >= 4 is 32.2 Å². The van der Waals surface area contributed by atoms with E-state index in [9.17, 15) is 0 Å². The van der Waals surface area contributed by atoms with Crippen LogP contribution < -0.4 is 9.47 Å². The summed E-state index contributed by atoms with van der Waals surface area (Å²) in [6.07, 6.45) is 0. The number of ether oxygens (including phenoxy) is 2. The number of allylic oxidation sites excluding steroid dienone is 1. The maximum Gasteiger partial charge on any atom is 0.231 e. The average Bonchev–Trinajstić information content (AvgIpc) is 2.82. The molecule has 0 aromatic heterocycles. The zero-order valence-corrected chi connectivity index (χ0v) is 11.6. The van der Waals surface area contributed by atoms with Crippen molar-refractivity contribution in [3.8, 4) is 17.6 Å². The molecule has 0 saturated heterocycles. The molecule has 0 saturated carbocycles. The minimum absolute atomic E-state index is 0.259. The Morgan fingerprint density at radius 3 is 2.94 bits per heavy atom. The zero-order valence-electron chi connectivity index (χ0n) is 9.20. The Bertz CT molecular complexity index is 508. The Kier molecular flexibility index (Phi) is 3.97. The number of nitriles is 1. The molecule has 1 aliphatic rings. The van der Waals surface area contributed by atoms with Crippen molar-refractivity contribution in [2.75, 3.05) is 12.5 Å². The van der Waals surface area contributed by atoms with Crippen LogP contribution in [0.25, 0.3) is 4.48 Å². The summed E-state index contributed by atoms with van der Waals surface area (Å²) in [5.74, 6) is 2.33. The van der Waals surface area contributed by atoms with Crippen molar-refractivity contribution in [2.45, 2.75) is 6.92 Å². The molecule has 0 radical (unpaired) electrons. The van der Waals surface area contributed by atoms with E-state index in [1.807, 2.05) is 25.1 Å². The lowest BCUT2D eigenvalue weighted by Gasteiger charge is -2.04. The Labute approximate surface area is 113 Å². The van der Waals surface area contributed by atoms with E-state index in [2.05, 4.69) is 22.0 Å². The molecule has 0 aliphatic carbocycles. The molecule has 1 aromatic carbocycles. The number of thioether (sulfide) groups is 1. The van der Waals surface area contributed by atoms with E-state index in [-0.39, 0.29) is 6.79 Å². The first kappa shape index (κ1) is 12.3. The van der Waals surface area contributed by atoms with Crippen LogP contribution in [0.15, 0.2) is 23.1 Å². The largest absolute Gasteiger partial charge is 0.454 e. The molecule has 3 nitrogen and oxygen atoms in total. The highest BCUT2D eigenvalue weighted by atomic mass is 79.9. The average molecular weight is 312 g/mol. The van der Waals surface area contributed by atoms with Crippen molar-refractivity contribution in [1.82, 2.24) is 0 Å².